The number of hydrogen-bond acceptors (Lipinski definition) is 3. The van der Waals surface area contributed by atoms with Crippen LogP contribution < -0.4 is 11.3 Å². The molecule has 1 heterocycles. The Morgan fingerprint density at radius 3 is 2.84 bits per heavy atom. The second-order valence-electron chi connectivity index (χ2n) is 4.23. The van der Waals surface area contributed by atoms with Gasteiger partial charge in [0.25, 0.3) is 0 Å². The van der Waals surface area contributed by atoms with Crippen LogP contribution in [0.4, 0.5) is 4.39 Å². The molecular weight excluding hydrogens is 351 g/mol. The fourth-order valence-electron chi connectivity index (χ4n) is 1.84. The van der Waals surface area contributed by atoms with Crippen molar-refractivity contribution in [1.82, 2.24) is 5.43 Å². The van der Waals surface area contributed by atoms with Gasteiger partial charge in [0.15, 0.2) is 0 Å². The van der Waals surface area contributed by atoms with E-state index in [1.807, 2.05) is 18.4 Å². The molecule has 0 bridgehead atoms. The van der Waals surface area contributed by atoms with Gasteiger partial charge < -0.3 is 0 Å². The van der Waals surface area contributed by atoms with E-state index in [4.69, 9.17) is 17.4 Å². The Balaban J connectivity index is 2.29. The fraction of sp³-hybridized carbons (Fsp3) is 0.231. The van der Waals surface area contributed by atoms with Gasteiger partial charge in [0, 0.05) is 4.88 Å². The second-order valence-corrected chi connectivity index (χ2v) is 6.32. The van der Waals surface area contributed by atoms with Gasteiger partial charge in [-0.25, -0.2) is 4.39 Å². The van der Waals surface area contributed by atoms with Gasteiger partial charge in [-0.3, -0.25) is 11.3 Å². The normalized spacial score (nSPS) is 12.7. The zero-order chi connectivity index (χ0) is 14.0. The van der Waals surface area contributed by atoms with Crippen molar-refractivity contribution in [2.24, 2.45) is 5.84 Å². The van der Waals surface area contributed by atoms with Gasteiger partial charge in [-0.2, -0.15) is 0 Å². The Kier molecular flexibility index (Phi) is 4.97. The molecule has 1 aromatic heterocycles. The van der Waals surface area contributed by atoms with Crippen LogP contribution in [0.25, 0.3) is 0 Å². The number of aryl methyl sites for hydroxylation is 1. The lowest BCUT2D eigenvalue weighted by molar-refractivity contribution is 0.554. The smallest absolute Gasteiger partial charge is 0.137 e. The van der Waals surface area contributed by atoms with E-state index in [9.17, 15) is 4.39 Å². The molecule has 0 amide bonds. The standard InChI is InChI=1S/C13H13BrClFN2S/c1-7-6-19-13(12(7)15)10(18-17)5-8-3-2-4-9(16)11(8)14/h2-4,6,10,18H,5,17H2,1H3. The molecule has 0 aliphatic rings. The third-order valence-corrected chi connectivity index (χ3v) is 5.61. The van der Waals surface area contributed by atoms with Crippen molar-refractivity contribution in [3.63, 3.8) is 0 Å². The van der Waals surface area contributed by atoms with Gasteiger partial charge in [0.1, 0.15) is 5.82 Å². The molecule has 1 aromatic carbocycles. The first-order valence-electron chi connectivity index (χ1n) is 5.67. The molecule has 1 atom stereocenters. The Bertz CT molecular complexity index is 588. The van der Waals surface area contributed by atoms with Crippen molar-refractivity contribution in [3.8, 4) is 0 Å². The quantitative estimate of drug-likeness (QED) is 0.626. The average Bonchev–Trinajstić information content (AvgIpc) is 2.72. The summed E-state index contributed by atoms with van der Waals surface area (Å²) in [6.07, 6.45) is 0.564. The van der Waals surface area contributed by atoms with Gasteiger partial charge in [-0.15, -0.1) is 11.3 Å². The van der Waals surface area contributed by atoms with Crippen molar-refractivity contribution >= 4 is 38.9 Å². The predicted octanol–water partition coefficient (Wildman–Crippen LogP) is 4.36. The molecule has 1 unspecified atom stereocenters. The number of nitrogens with two attached hydrogens (primary N) is 1. The molecule has 6 heteroatoms. The first kappa shape index (κ1) is 14.9. The van der Waals surface area contributed by atoms with Gasteiger partial charge in [0.2, 0.25) is 0 Å². The monoisotopic (exact) mass is 362 g/mol. The predicted molar refractivity (Wildman–Crippen MR) is 81.9 cm³/mol. The maximum atomic E-state index is 13.5. The van der Waals surface area contributed by atoms with E-state index in [1.54, 1.807) is 17.4 Å². The third-order valence-electron chi connectivity index (χ3n) is 2.90. The van der Waals surface area contributed by atoms with E-state index < -0.39 is 0 Å². The molecule has 0 fully saturated rings. The SMILES string of the molecule is Cc1csc(C(Cc2cccc(F)c2Br)NN)c1Cl. The van der Waals surface area contributed by atoms with E-state index in [0.29, 0.717) is 10.9 Å². The van der Waals surface area contributed by atoms with Crippen molar-refractivity contribution in [2.45, 2.75) is 19.4 Å². The van der Waals surface area contributed by atoms with Gasteiger partial charge in [0.05, 0.1) is 15.5 Å². The molecular formula is C13H13BrClFN2S. The van der Waals surface area contributed by atoms with Crippen molar-refractivity contribution in [2.75, 3.05) is 0 Å². The summed E-state index contributed by atoms with van der Waals surface area (Å²) >= 11 is 11.1. The van der Waals surface area contributed by atoms with Crippen LogP contribution in [-0.2, 0) is 6.42 Å². The van der Waals surface area contributed by atoms with Crippen LogP contribution in [0, 0.1) is 12.7 Å². The summed E-state index contributed by atoms with van der Waals surface area (Å²) in [5, 5.41) is 2.71. The van der Waals surface area contributed by atoms with Crippen LogP contribution in [0.15, 0.2) is 28.1 Å². The van der Waals surface area contributed by atoms with Gasteiger partial charge in [-0.1, -0.05) is 23.7 Å². The summed E-state index contributed by atoms with van der Waals surface area (Å²) < 4.78 is 14.0. The van der Waals surface area contributed by atoms with Crippen LogP contribution >= 0.6 is 38.9 Å². The minimum atomic E-state index is -0.276. The fourth-order valence-corrected chi connectivity index (χ4v) is 3.65. The topological polar surface area (TPSA) is 38.0 Å². The highest BCUT2D eigenvalue weighted by Gasteiger charge is 2.19. The Morgan fingerprint density at radius 1 is 1.53 bits per heavy atom. The number of hydrazine groups is 1. The summed E-state index contributed by atoms with van der Waals surface area (Å²) in [5.41, 5.74) is 4.63. The van der Waals surface area contributed by atoms with Crippen LogP contribution in [0.3, 0.4) is 0 Å². The average molecular weight is 364 g/mol. The van der Waals surface area contributed by atoms with Crippen molar-refractivity contribution in [1.29, 1.82) is 0 Å². The maximum Gasteiger partial charge on any atom is 0.137 e. The Hall–Kier alpha value is -0.460. The first-order valence-corrected chi connectivity index (χ1v) is 7.72. The van der Waals surface area contributed by atoms with Crippen LogP contribution in [0.5, 0.6) is 0 Å². The molecule has 102 valence electrons. The second kappa shape index (κ2) is 6.33. The minimum Gasteiger partial charge on any atom is -0.271 e. The lowest BCUT2D eigenvalue weighted by atomic mass is 10.0. The molecule has 0 spiro atoms. The largest absolute Gasteiger partial charge is 0.271 e. The highest BCUT2D eigenvalue weighted by molar-refractivity contribution is 9.10. The molecule has 19 heavy (non-hydrogen) atoms. The van der Waals surface area contributed by atoms with E-state index in [0.717, 1.165) is 21.0 Å². The molecule has 0 saturated heterocycles. The van der Waals surface area contributed by atoms with Gasteiger partial charge >= 0.3 is 0 Å². The maximum absolute atomic E-state index is 13.5. The minimum absolute atomic E-state index is 0.135. The zero-order valence-corrected chi connectivity index (χ0v) is 13.4. The van der Waals surface area contributed by atoms with E-state index in [2.05, 4.69) is 21.4 Å². The molecule has 0 saturated carbocycles. The molecule has 0 radical (unpaired) electrons. The van der Waals surface area contributed by atoms with Crippen LogP contribution in [0.2, 0.25) is 5.02 Å². The number of benzene rings is 1. The van der Waals surface area contributed by atoms with Crippen LogP contribution in [0.1, 0.15) is 22.0 Å². The Labute approximate surface area is 128 Å². The van der Waals surface area contributed by atoms with Crippen molar-refractivity contribution in [3.05, 3.63) is 54.9 Å². The number of thiophene rings is 1. The highest BCUT2D eigenvalue weighted by Crippen LogP contribution is 2.35. The molecule has 0 aliphatic heterocycles. The number of rotatable bonds is 4. The lowest BCUT2D eigenvalue weighted by Gasteiger charge is -2.16. The summed E-state index contributed by atoms with van der Waals surface area (Å²) in [7, 11) is 0. The molecule has 2 rings (SSSR count). The van der Waals surface area contributed by atoms with E-state index >= 15 is 0 Å². The summed E-state index contributed by atoms with van der Waals surface area (Å²) in [6.45, 7) is 1.95. The van der Waals surface area contributed by atoms with E-state index in [-0.39, 0.29) is 11.9 Å². The molecule has 0 aliphatic carbocycles. The van der Waals surface area contributed by atoms with E-state index in [1.165, 1.54) is 6.07 Å². The summed E-state index contributed by atoms with van der Waals surface area (Å²) in [4.78, 5) is 0.970. The number of halogens is 3. The number of hydrogen-bond donors (Lipinski definition) is 2. The third kappa shape index (κ3) is 3.17. The molecule has 3 N–H and O–H groups in total. The highest BCUT2D eigenvalue weighted by atomic mass is 79.9. The first-order chi connectivity index (χ1) is 9.04. The summed E-state index contributed by atoms with van der Waals surface area (Å²) in [6, 6.07) is 4.83. The van der Waals surface area contributed by atoms with Gasteiger partial charge in [-0.05, 0) is 51.8 Å². The molecule has 2 aromatic rings. The lowest BCUT2D eigenvalue weighted by Crippen LogP contribution is -2.29. The number of nitrogens with one attached hydrogen (secondary N) is 1. The molecule has 2 nitrogen and oxygen atoms in total. The Morgan fingerprint density at radius 2 is 2.26 bits per heavy atom. The van der Waals surface area contributed by atoms with Crippen molar-refractivity contribution < 1.29 is 4.39 Å². The van der Waals surface area contributed by atoms with Crippen LogP contribution in [-0.4, -0.2) is 0 Å². The summed E-state index contributed by atoms with van der Waals surface area (Å²) in [5.74, 6) is 5.33. The zero-order valence-electron chi connectivity index (χ0n) is 10.2.